The first-order chi connectivity index (χ1) is 9.11. The third-order valence-electron chi connectivity index (χ3n) is 4.79. The van der Waals surface area contributed by atoms with Gasteiger partial charge >= 0.3 is 0 Å². The maximum absolute atomic E-state index is 12.6. The summed E-state index contributed by atoms with van der Waals surface area (Å²) in [4.78, 5) is 17.1. The van der Waals surface area contributed by atoms with Gasteiger partial charge in [0.05, 0.1) is 0 Å². The van der Waals surface area contributed by atoms with Gasteiger partial charge in [0.1, 0.15) is 0 Å². The van der Waals surface area contributed by atoms with E-state index in [-0.39, 0.29) is 5.92 Å². The zero-order valence-electron chi connectivity index (χ0n) is 12.7. The van der Waals surface area contributed by atoms with Gasteiger partial charge in [0.15, 0.2) is 0 Å². The molecule has 2 atom stereocenters. The van der Waals surface area contributed by atoms with Gasteiger partial charge in [0, 0.05) is 44.2 Å². The molecule has 2 aliphatic rings. The van der Waals surface area contributed by atoms with Crippen molar-refractivity contribution < 1.29 is 4.79 Å². The van der Waals surface area contributed by atoms with E-state index in [4.69, 9.17) is 0 Å². The number of amides is 1. The van der Waals surface area contributed by atoms with Crippen molar-refractivity contribution in [3.8, 4) is 0 Å². The molecule has 0 aromatic carbocycles. The standard InChI is InChI=1S/C15H29N3O/c1-12(2)17-7-9-18(10-8-17)15(19)13-5-4-6-14(11-13)16-3/h12-14,16H,4-11H2,1-3H3. The largest absolute Gasteiger partial charge is 0.340 e. The Morgan fingerprint density at radius 2 is 1.84 bits per heavy atom. The Labute approximate surface area is 117 Å². The fourth-order valence-corrected chi connectivity index (χ4v) is 3.39. The molecule has 1 amide bonds. The second-order valence-corrected chi connectivity index (χ2v) is 6.30. The van der Waals surface area contributed by atoms with Crippen LogP contribution in [-0.2, 0) is 4.79 Å². The van der Waals surface area contributed by atoms with Gasteiger partial charge in [0.25, 0.3) is 0 Å². The van der Waals surface area contributed by atoms with Crippen molar-refractivity contribution in [3.63, 3.8) is 0 Å². The van der Waals surface area contributed by atoms with Gasteiger partial charge < -0.3 is 10.2 Å². The highest BCUT2D eigenvalue weighted by molar-refractivity contribution is 5.79. The first-order valence-corrected chi connectivity index (χ1v) is 7.82. The van der Waals surface area contributed by atoms with Crippen LogP contribution < -0.4 is 5.32 Å². The van der Waals surface area contributed by atoms with Crippen LogP contribution >= 0.6 is 0 Å². The molecule has 1 saturated heterocycles. The van der Waals surface area contributed by atoms with E-state index in [1.165, 1.54) is 12.8 Å². The molecule has 0 aromatic rings. The lowest BCUT2D eigenvalue weighted by Crippen LogP contribution is -2.52. The molecule has 4 nitrogen and oxygen atoms in total. The average Bonchev–Trinajstić information content (AvgIpc) is 2.46. The molecule has 0 aromatic heterocycles. The second kappa shape index (κ2) is 6.71. The summed E-state index contributed by atoms with van der Waals surface area (Å²) in [7, 11) is 2.01. The van der Waals surface area contributed by atoms with Crippen molar-refractivity contribution in [2.75, 3.05) is 33.2 Å². The fourth-order valence-electron chi connectivity index (χ4n) is 3.39. The highest BCUT2D eigenvalue weighted by atomic mass is 16.2. The van der Waals surface area contributed by atoms with Crippen molar-refractivity contribution in [1.82, 2.24) is 15.1 Å². The smallest absolute Gasteiger partial charge is 0.225 e. The van der Waals surface area contributed by atoms with Crippen LogP contribution in [0.15, 0.2) is 0 Å². The quantitative estimate of drug-likeness (QED) is 0.837. The van der Waals surface area contributed by atoms with Gasteiger partial charge in [-0.3, -0.25) is 9.69 Å². The number of carbonyl (C=O) groups excluding carboxylic acids is 1. The van der Waals surface area contributed by atoms with E-state index in [0.29, 0.717) is 18.0 Å². The molecule has 19 heavy (non-hydrogen) atoms. The summed E-state index contributed by atoms with van der Waals surface area (Å²) in [6.07, 6.45) is 4.52. The molecule has 0 spiro atoms. The molecule has 2 rings (SSSR count). The molecule has 2 fully saturated rings. The van der Waals surface area contributed by atoms with Crippen molar-refractivity contribution in [3.05, 3.63) is 0 Å². The minimum atomic E-state index is 0.261. The molecule has 1 heterocycles. The van der Waals surface area contributed by atoms with Gasteiger partial charge in [-0.1, -0.05) is 6.42 Å². The van der Waals surface area contributed by atoms with Gasteiger partial charge in [-0.05, 0) is 40.2 Å². The number of carbonyl (C=O) groups is 1. The van der Waals surface area contributed by atoms with Crippen LogP contribution in [0.2, 0.25) is 0 Å². The Balaban J connectivity index is 1.83. The maximum atomic E-state index is 12.6. The van der Waals surface area contributed by atoms with Crippen molar-refractivity contribution in [1.29, 1.82) is 0 Å². The summed E-state index contributed by atoms with van der Waals surface area (Å²) < 4.78 is 0. The monoisotopic (exact) mass is 267 g/mol. The Morgan fingerprint density at radius 1 is 1.16 bits per heavy atom. The zero-order chi connectivity index (χ0) is 13.8. The van der Waals surface area contributed by atoms with Gasteiger partial charge in [-0.15, -0.1) is 0 Å². The highest BCUT2D eigenvalue weighted by Gasteiger charge is 2.31. The van der Waals surface area contributed by atoms with Crippen LogP contribution in [0.25, 0.3) is 0 Å². The summed E-state index contributed by atoms with van der Waals surface area (Å²) in [5.41, 5.74) is 0. The van der Waals surface area contributed by atoms with E-state index >= 15 is 0 Å². The van der Waals surface area contributed by atoms with Crippen LogP contribution in [0.1, 0.15) is 39.5 Å². The molecule has 2 unspecified atom stereocenters. The molecule has 4 heteroatoms. The predicted octanol–water partition coefficient (Wildman–Crippen LogP) is 1.32. The summed E-state index contributed by atoms with van der Waals surface area (Å²) in [5, 5.41) is 3.33. The number of hydrogen-bond donors (Lipinski definition) is 1. The Morgan fingerprint density at radius 3 is 2.42 bits per heavy atom. The summed E-state index contributed by atoms with van der Waals surface area (Å²) >= 11 is 0. The van der Waals surface area contributed by atoms with E-state index in [0.717, 1.165) is 39.0 Å². The lowest BCUT2D eigenvalue weighted by Gasteiger charge is -2.39. The average molecular weight is 267 g/mol. The second-order valence-electron chi connectivity index (χ2n) is 6.30. The number of nitrogens with zero attached hydrogens (tertiary/aromatic N) is 2. The number of rotatable bonds is 3. The summed E-state index contributed by atoms with van der Waals surface area (Å²) in [6, 6.07) is 1.14. The van der Waals surface area contributed by atoms with Gasteiger partial charge in [-0.2, -0.15) is 0 Å². The van der Waals surface area contributed by atoms with Crippen LogP contribution in [0.4, 0.5) is 0 Å². The fraction of sp³-hybridized carbons (Fsp3) is 0.933. The topological polar surface area (TPSA) is 35.6 Å². The lowest BCUT2D eigenvalue weighted by molar-refractivity contribution is -0.138. The van der Waals surface area contributed by atoms with Crippen LogP contribution in [0, 0.1) is 5.92 Å². The van der Waals surface area contributed by atoms with E-state index in [2.05, 4.69) is 29.0 Å². The van der Waals surface area contributed by atoms with Crippen molar-refractivity contribution in [2.24, 2.45) is 5.92 Å². The minimum absolute atomic E-state index is 0.261. The molecule has 110 valence electrons. The lowest BCUT2D eigenvalue weighted by atomic mass is 9.84. The van der Waals surface area contributed by atoms with Crippen LogP contribution in [0.5, 0.6) is 0 Å². The van der Waals surface area contributed by atoms with E-state index < -0.39 is 0 Å². The van der Waals surface area contributed by atoms with Crippen LogP contribution in [0.3, 0.4) is 0 Å². The van der Waals surface area contributed by atoms with Crippen molar-refractivity contribution in [2.45, 2.75) is 51.6 Å². The number of nitrogens with one attached hydrogen (secondary N) is 1. The number of piperazine rings is 1. The third-order valence-corrected chi connectivity index (χ3v) is 4.79. The molecule has 0 bridgehead atoms. The molecule has 1 aliphatic heterocycles. The first kappa shape index (κ1) is 14.8. The molecule has 1 aliphatic carbocycles. The molecule has 1 saturated carbocycles. The molecule has 1 N–H and O–H groups in total. The summed E-state index contributed by atoms with van der Waals surface area (Å²) in [5.74, 6) is 0.667. The van der Waals surface area contributed by atoms with Gasteiger partial charge in [-0.25, -0.2) is 0 Å². The Kier molecular flexibility index (Phi) is 5.22. The zero-order valence-corrected chi connectivity index (χ0v) is 12.7. The minimum Gasteiger partial charge on any atom is -0.340 e. The predicted molar refractivity (Wildman–Crippen MR) is 78.1 cm³/mol. The first-order valence-electron chi connectivity index (χ1n) is 7.82. The number of hydrogen-bond acceptors (Lipinski definition) is 3. The SMILES string of the molecule is CNC1CCCC(C(=O)N2CCN(C(C)C)CC2)C1. The van der Waals surface area contributed by atoms with E-state index in [9.17, 15) is 4.79 Å². The van der Waals surface area contributed by atoms with Crippen molar-refractivity contribution >= 4 is 5.91 Å². The molecule has 0 radical (unpaired) electrons. The molecular formula is C15H29N3O. The van der Waals surface area contributed by atoms with Crippen LogP contribution in [-0.4, -0.2) is 61.0 Å². The Bertz CT molecular complexity index is 298. The normalized spacial score (nSPS) is 29.8. The maximum Gasteiger partial charge on any atom is 0.225 e. The molecular weight excluding hydrogens is 238 g/mol. The van der Waals surface area contributed by atoms with E-state index in [1.807, 2.05) is 7.05 Å². The Hall–Kier alpha value is -0.610. The van der Waals surface area contributed by atoms with E-state index in [1.54, 1.807) is 0 Å². The highest BCUT2D eigenvalue weighted by Crippen LogP contribution is 2.26. The van der Waals surface area contributed by atoms with Gasteiger partial charge in [0.2, 0.25) is 5.91 Å². The summed E-state index contributed by atoms with van der Waals surface area (Å²) in [6.45, 7) is 8.36. The third kappa shape index (κ3) is 3.69.